The Bertz CT molecular complexity index is 745. The first-order valence-electron chi connectivity index (χ1n) is 8.91. The van der Waals surface area contributed by atoms with Crippen molar-refractivity contribution in [1.29, 1.82) is 0 Å². The van der Waals surface area contributed by atoms with Crippen LogP contribution in [0.2, 0.25) is 0 Å². The van der Waals surface area contributed by atoms with Crippen LogP contribution in [0.5, 0.6) is 0 Å². The van der Waals surface area contributed by atoms with Gasteiger partial charge < -0.3 is 16.8 Å². The van der Waals surface area contributed by atoms with Crippen LogP contribution in [0, 0.1) is 11.8 Å². The SMILES string of the molecule is CC(C)C[C@H](N)C(=O)Nc1ccc(S(=O)(=O)NC(=O)[C@@H](N)CC(C)C)cc1. The minimum atomic E-state index is -4.03. The van der Waals surface area contributed by atoms with Crippen LogP contribution >= 0.6 is 0 Å². The molecule has 0 heterocycles. The maximum atomic E-state index is 12.3. The molecule has 1 aromatic rings. The van der Waals surface area contributed by atoms with E-state index in [2.05, 4.69) is 5.32 Å². The Hall–Kier alpha value is -1.97. The fourth-order valence-corrected chi connectivity index (χ4v) is 3.48. The van der Waals surface area contributed by atoms with Gasteiger partial charge in [0.1, 0.15) is 0 Å². The normalized spacial score (nSPS) is 14.1. The van der Waals surface area contributed by atoms with E-state index in [-0.39, 0.29) is 22.6 Å². The highest BCUT2D eigenvalue weighted by atomic mass is 32.2. The molecule has 0 aliphatic heterocycles. The maximum Gasteiger partial charge on any atom is 0.264 e. The molecule has 0 radical (unpaired) electrons. The number of benzene rings is 1. The highest BCUT2D eigenvalue weighted by Crippen LogP contribution is 2.15. The molecule has 2 amide bonds. The van der Waals surface area contributed by atoms with Crippen molar-refractivity contribution in [3.8, 4) is 0 Å². The molecule has 6 N–H and O–H groups in total. The molecule has 1 rings (SSSR count). The van der Waals surface area contributed by atoms with Gasteiger partial charge in [0.15, 0.2) is 0 Å². The standard InChI is InChI=1S/C18H30N4O4S/c1-11(2)9-15(19)17(23)21-13-5-7-14(8-6-13)27(25,26)22-18(24)16(20)10-12(3)4/h5-8,11-12,15-16H,9-10,19-20H2,1-4H3,(H,21,23)(H,22,24)/t15-,16-/m0/s1. The van der Waals surface area contributed by atoms with Crippen LogP contribution in [0.3, 0.4) is 0 Å². The number of amides is 2. The van der Waals surface area contributed by atoms with Crippen molar-refractivity contribution in [2.75, 3.05) is 5.32 Å². The van der Waals surface area contributed by atoms with Gasteiger partial charge in [-0.15, -0.1) is 0 Å². The fourth-order valence-electron chi connectivity index (χ4n) is 2.45. The minimum absolute atomic E-state index is 0.0999. The summed E-state index contributed by atoms with van der Waals surface area (Å²) in [7, 11) is -4.03. The predicted octanol–water partition coefficient (Wildman–Crippen LogP) is 1.18. The van der Waals surface area contributed by atoms with E-state index in [0.29, 0.717) is 18.5 Å². The first-order chi connectivity index (χ1) is 12.4. The second-order valence-electron chi connectivity index (χ2n) is 7.46. The topological polar surface area (TPSA) is 144 Å². The predicted molar refractivity (Wildman–Crippen MR) is 105 cm³/mol. The van der Waals surface area contributed by atoms with E-state index >= 15 is 0 Å². The zero-order valence-electron chi connectivity index (χ0n) is 16.2. The number of nitrogens with two attached hydrogens (primary N) is 2. The maximum absolute atomic E-state index is 12.3. The van der Waals surface area contributed by atoms with Gasteiger partial charge in [-0.25, -0.2) is 13.1 Å². The molecule has 0 spiro atoms. The summed E-state index contributed by atoms with van der Waals surface area (Å²) in [4.78, 5) is 23.9. The van der Waals surface area contributed by atoms with E-state index in [1.165, 1.54) is 24.3 Å². The molecule has 0 saturated carbocycles. The highest BCUT2D eigenvalue weighted by Gasteiger charge is 2.23. The lowest BCUT2D eigenvalue weighted by molar-refractivity contribution is -0.121. The lowest BCUT2D eigenvalue weighted by atomic mass is 10.0. The summed E-state index contributed by atoms with van der Waals surface area (Å²) in [6, 6.07) is 3.93. The molecular formula is C18H30N4O4S. The molecule has 0 saturated heterocycles. The molecule has 0 bridgehead atoms. The lowest BCUT2D eigenvalue weighted by Gasteiger charge is -2.15. The summed E-state index contributed by atoms with van der Waals surface area (Å²) >= 11 is 0. The molecule has 0 unspecified atom stereocenters. The molecule has 0 fully saturated rings. The number of carbonyl (C=O) groups is 2. The fraction of sp³-hybridized carbons (Fsp3) is 0.556. The summed E-state index contributed by atoms with van der Waals surface area (Å²) in [6.07, 6.45) is 0.921. The van der Waals surface area contributed by atoms with Crippen LogP contribution in [0.4, 0.5) is 5.69 Å². The van der Waals surface area contributed by atoms with Crippen molar-refractivity contribution in [2.45, 2.75) is 57.5 Å². The first kappa shape index (κ1) is 23.1. The Morgan fingerprint density at radius 1 is 0.889 bits per heavy atom. The van der Waals surface area contributed by atoms with E-state index in [0.717, 1.165) is 0 Å². The quantitative estimate of drug-likeness (QED) is 0.491. The van der Waals surface area contributed by atoms with Gasteiger partial charge in [0.05, 0.1) is 17.0 Å². The second-order valence-corrected chi connectivity index (χ2v) is 9.14. The Balaban J connectivity index is 2.77. The number of carbonyl (C=O) groups excluding carboxylic acids is 2. The molecule has 0 aliphatic rings. The van der Waals surface area contributed by atoms with Gasteiger partial charge in [-0.1, -0.05) is 27.7 Å². The van der Waals surface area contributed by atoms with Gasteiger partial charge in [0.25, 0.3) is 15.9 Å². The van der Waals surface area contributed by atoms with E-state index in [9.17, 15) is 18.0 Å². The molecular weight excluding hydrogens is 368 g/mol. The van der Waals surface area contributed by atoms with E-state index in [1.54, 1.807) is 0 Å². The largest absolute Gasteiger partial charge is 0.325 e. The zero-order chi connectivity index (χ0) is 20.8. The van der Waals surface area contributed by atoms with Gasteiger partial charge in [-0.05, 0) is 48.9 Å². The molecule has 8 nitrogen and oxygen atoms in total. The summed E-state index contributed by atoms with van der Waals surface area (Å²) in [6.45, 7) is 7.71. The number of hydrogen-bond donors (Lipinski definition) is 4. The number of anilines is 1. The lowest BCUT2D eigenvalue weighted by Crippen LogP contribution is -2.43. The number of sulfonamides is 1. The molecule has 0 aromatic heterocycles. The minimum Gasteiger partial charge on any atom is -0.325 e. The monoisotopic (exact) mass is 398 g/mol. The second kappa shape index (κ2) is 9.82. The number of nitrogens with one attached hydrogen (secondary N) is 2. The smallest absolute Gasteiger partial charge is 0.264 e. The van der Waals surface area contributed by atoms with Crippen LogP contribution in [0.15, 0.2) is 29.2 Å². The molecule has 152 valence electrons. The van der Waals surface area contributed by atoms with Gasteiger partial charge >= 0.3 is 0 Å². The third-order valence-electron chi connectivity index (χ3n) is 3.79. The van der Waals surface area contributed by atoms with Crippen LogP contribution in [0.25, 0.3) is 0 Å². The Labute approximate surface area is 161 Å². The van der Waals surface area contributed by atoms with E-state index < -0.39 is 28.0 Å². The zero-order valence-corrected chi connectivity index (χ0v) is 17.0. The Kier molecular flexibility index (Phi) is 8.39. The van der Waals surface area contributed by atoms with Gasteiger partial charge in [0.2, 0.25) is 5.91 Å². The molecule has 2 atom stereocenters. The van der Waals surface area contributed by atoms with Crippen molar-refractivity contribution in [2.24, 2.45) is 23.3 Å². The van der Waals surface area contributed by atoms with Crippen LogP contribution in [-0.2, 0) is 19.6 Å². The van der Waals surface area contributed by atoms with Crippen molar-refractivity contribution in [3.63, 3.8) is 0 Å². The molecule has 0 aliphatic carbocycles. The average molecular weight is 399 g/mol. The summed E-state index contributed by atoms with van der Waals surface area (Å²) in [5.41, 5.74) is 11.9. The van der Waals surface area contributed by atoms with Crippen LogP contribution in [0.1, 0.15) is 40.5 Å². The van der Waals surface area contributed by atoms with Gasteiger partial charge in [-0.2, -0.15) is 0 Å². The number of rotatable bonds is 9. The summed E-state index contributed by atoms with van der Waals surface area (Å²) in [5.74, 6) is -0.643. The van der Waals surface area contributed by atoms with Crippen molar-refractivity contribution in [1.82, 2.24) is 4.72 Å². The first-order valence-corrected chi connectivity index (χ1v) is 10.4. The van der Waals surface area contributed by atoms with E-state index in [1.807, 2.05) is 32.4 Å². The highest BCUT2D eigenvalue weighted by molar-refractivity contribution is 7.90. The molecule has 9 heteroatoms. The Morgan fingerprint density at radius 2 is 1.33 bits per heavy atom. The van der Waals surface area contributed by atoms with E-state index in [4.69, 9.17) is 11.5 Å². The third-order valence-corrected chi connectivity index (χ3v) is 5.15. The van der Waals surface area contributed by atoms with Gasteiger partial charge in [0, 0.05) is 5.69 Å². The van der Waals surface area contributed by atoms with Crippen molar-refractivity contribution in [3.05, 3.63) is 24.3 Å². The van der Waals surface area contributed by atoms with Crippen LogP contribution in [-0.4, -0.2) is 32.3 Å². The van der Waals surface area contributed by atoms with Crippen LogP contribution < -0.4 is 21.5 Å². The Morgan fingerprint density at radius 3 is 1.78 bits per heavy atom. The summed E-state index contributed by atoms with van der Waals surface area (Å²) in [5, 5.41) is 2.64. The van der Waals surface area contributed by atoms with Crippen molar-refractivity contribution >= 4 is 27.5 Å². The van der Waals surface area contributed by atoms with Gasteiger partial charge in [-0.3, -0.25) is 9.59 Å². The average Bonchev–Trinajstić information content (AvgIpc) is 2.53. The number of hydrogen-bond acceptors (Lipinski definition) is 6. The van der Waals surface area contributed by atoms with Crippen molar-refractivity contribution < 1.29 is 18.0 Å². The molecule has 1 aromatic carbocycles. The third kappa shape index (κ3) is 7.66. The molecule has 27 heavy (non-hydrogen) atoms. The summed E-state index contributed by atoms with van der Waals surface area (Å²) < 4.78 is 26.6.